The molecule has 4 N–H and O–H groups in total. The molecule has 0 heterocycles. The number of amides is 2. The number of carbonyl (C=O) groups is 2. The molecule has 9 nitrogen and oxygen atoms in total. The fourth-order valence-electron chi connectivity index (χ4n) is 4.72. The van der Waals surface area contributed by atoms with Crippen LogP contribution in [0.5, 0.6) is 34.5 Å². The SMILES string of the molecule is O=C(Nc1ccc(Oc2ccc(NC(=O)Oc3ccccc3)cc2-c2ccc(O)cc2)c(-c2ccc(O)cc2)c1)Oc1ccccc1. The van der Waals surface area contributed by atoms with Gasteiger partial charge >= 0.3 is 12.2 Å². The van der Waals surface area contributed by atoms with Gasteiger partial charge in [0, 0.05) is 22.5 Å². The van der Waals surface area contributed by atoms with Gasteiger partial charge in [-0.3, -0.25) is 10.6 Å². The minimum absolute atomic E-state index is 0.0976. The zero-order chi connectivity index (χ0) is 32.6. The first-order valence-electron chi connectivity index (χ1n) is 14.5. The van der Waals surface area contributed by atoms with E-state index in [0.717, 1.165) is 0 Å². The zero-order valence-electron chi connectivity index (χ0n) is 24.8. The quantitative estimate of drug-likeness (QED) is 0.133. The topological polar surface area (TPSA) is 126 Å². The molecule has 47 heavy (non-hydrogen) atoms. The molecule has 0 spiro atoms. The van der Waals surface area contributed by atoms with E-state index in [-0.39, 0.29) is 11.5 Å². The highest BCUT2D eigenvalue weighted by molar-refractivity contribution is 5.90. The van der Waals surface area contributed by atoms with E-state index in [1.54, 1.807) is 133 Å². The van der Waals surface area contributed by atoms with Gasteiger partial charge in [-0.1, -0.05) is 60.7 Å². The van der Waals surface area contributed by atoms with Gasteiger partial charge in [0.2, 0.25) is 0 Å². The summed E-state index contributed by atoms with van der Waals surface area (Å²) in [4.78, 5) is 25.3. The Labute approximate surface area is 270 Å². The van der Waals surface area contributed by atoms with Crippen LogP contribution in [0.4, 0.5) is 21.0 Å². The van der Waals surface area contributed by atoms with Gasteiger partial charge in [0.05, 0.1) is 0 Å². The molecule has 0 unspecified atom stereocenters. The third kappa shape index (κ3) is 7.86. The summed E-state index contributed by atoms with van der Waals surface area (Å²) in [6.45, 7) is 0. The first-order chi connectivity index (χ1) is 22.9. The van der Waals surface area contributed by atoms with Gasteiger partial charge in [0.1, 0.15) is 34.5 Å². The minimum atomic E-state index is -0.662. The second kappa shape index (κ2) is 13.9. The molecular weight excluding hydrogens is 596 g/mol. The summed E-state index contributed by atoms with van der Waals surface area (Å²) >= 11 is 0. The number of ether oxygens (including phenoxy) is 3. The Bertz CT molecular complexity index is 1850. The molecule has 6 aromatic carbocycles. The van der Waals surface area contributed by atoms with Crippen molar-refractivity contribution in [2.45, 2.75) is 0 Å². The molecule has 2 amide bonds. The number of rotatable bonds is 8. The average Bonchev–Trinajstić information content (AvgIpc) is 3.08. The number of phenols is 2. The number of carbonyl (C=O) groups excluding carboxylic acids is 2. The van der Waals surface area contributed by atoms with Crippen LogP contribution in [0.1, 0.15) is 0 Å². The lowest BCUT2D eigenvalue weighted by atomic mass is 10.0. The van der Waals surface area contributed by atoms with Crippen LogP contribution in [0.15, 0.2) is 146 Å². The lowest BCUT2D eigenvalue weighted by Crippen LogP contribution is -2.16. The third-order valence-electron chi connectivity index (χ3n) is 6.94. The molecule has 0 aliphatic heterocycles. The Morgan fingerprint density at radius 1 is 0.468 bits per heavy atom. The molecule has 6 rings (SSSR count). The standard InChI is InChI=1S/C38H28N2O7/c41-29-17-11-25(12-18-29)33-23-27(39-37(43)45-31-7-3-1-4-8-31)15-21-35(33)47-36-22-16-28(24-34(36)26-13-19-30(42)20-14-26)40-38(44)46-32-9-5-2-6-10-32/h1-24,41-42H,(H,39,43)(H,40,44). The first kappa shape index (κ1) is 30.3. The third-order valence-corrected chi connectivity index (χ3v) is 6.94. The Morgan fingerprint density at radius 2 is 0.851 bits per heavy atom. The molecule has 0 fully saturated rings. The molecule has 6 aromatic rings. The Balaban J connectivity index is 1.32. The van der Waals surface area contributed by atoms with Gasteiger partial charge in [-0.25, -0.2) is 9.59 Å². The van der Waals surface area contributed by atoms with E-state index in [4.69, 9.17) is 14.2 Å². The number of phenolic OH excluding ortho intramolecular Hbond substituents is 2. The van der Waals surface area contributed by atoms with E-state index in [1.165, 1.54) is 0 Å². The maximum Gasteiger partial charge on any atom is 0.417 e. The maximum atomic E-state index is 12.6. The number of para-hydroxylation sites is 2. The van der Waals surface area contributed by atoms with E-state index < -0.39 is 12.2 Å². The van der Waals surface area contributed by atoms with Crippen LogP contribution in [-0.2, 0) is 0 Å². The van der Waals surface area contributed by atoms with Crippen molar-refractivity contribution < 1.29 is 34.0 Å². The van der Waals surface area contributed by atoms with Crippen molar-refractivity contribution in [1.29, 1.82) is 0 Å². The summed E-state index contributed by atoms with van der Waals surface area (Å²) in [7, 11) is 0. The van der Waals surface area contributed by atoms with Crippen molar-refractivity contribution in [3.63, 3.8) is 0 Å². The number of hydrogen-bond donors (Lipinski definition) is 4. The summed E-state index contributed by atoms with van der Waals surface area (Å²) in [5.74, 6) is 1.89. The van der Waals surface area contributed by atoms with Gasteiger partial charge in [0.25, 0.3) is 0 Å². The van der Waals surface area contributed by atoms with Crippen molar-refractivity contribution in [2.24, 2.45) is 0 Å². The van der Waals surface area contributed by atoms with Crippen molar-refractivity contribution in [3.05, 3.63) is 146 Å². The van der Waals surface area contributed by atoms with Crippen molar-refractivity contribution in [1.82, 2.24) is 0 Å². The van der Waals surface area contributed by atoms with Crippen LogP contribution in [-0.4, -0.2) is 22.4 Å². The lowest BCUT2D eigenvalue weighted by Gasteiger charge is -2.17. The van der Waals surface area contributed by atoms with Crippen molar-refractivity contribution >= 4 is 23.6 Å². The van der Waals surface area contributed by atoms with Crippen LogP contribution in [0.2, 0.25) is 0 Å². The predicted molar refractivity (Wildman–Crippen MR) is 179 cm³/mol. The van der Waals surface area contributed by atoms with Crippen molar-refractivity contribution in [2.75, 3.05) is 10.6 Å². The largest absolute Gasteiger partial charge is 0.508 e. The van der Waals surface area contributed by atoms with Gasteiger partial charge in [-0.2, -0.15) is 0 Å². The summed E-state index contributed by atoms with van der Waals surface area (Å²) in [5, 5.41) is 25.3. The molecule has 0 radical (unpaired) electrons. The van der Waals surface area contributed by atoms with Crippen LogP contribution in [0.25, 0.3) is 22.3 Å². The molecule has 0 bridgehead atoms. The monoisotopic (exact) mass is 624 g/mol. The van der Waals surface area contributed by atoms with Crippen LogP contribution < -0.4 is 24.8 Å². The number of nitrogens with one attached hydrogen (secondary N) is 2. The molecule has 0 atom stereocenters. The molecule has 0 aliphatic carbocycles. The Kier molecular flexibility index (Phi) is 8.97. The highest BCUT2D eigenvalue weighted by Gasteiger charge is 2.16. The maximum absolute atomic E-state index is 12.6. The predicted octanol–water partition coefficient (Wildman–Crippen LogP) is 9.45. The molecule has 232 valence electrons. The van der Waals surface area contributed by atoms with E-state index in [1.807, 2.05) is 12.1 Å². The molecule has 0 saturated carbocycles. The highest BCUT2D eigenvalue weighted by atomic mass is 16.6. The first-order valence-corrected chi connectivity index (χ1v) is 14.5. The van der Waals surface area contributed by atoms with Crippen LogP contribution in [0.3, 0.4) is 0 Å². The minimum Gasteiger partial charge on any atom is -0.508 e. The summed E-state index contributed by atoms with van der Waals surface area (Å²) in [5.41, 5.74) is 3.57. The summed E-state index contributed by atoms with van der Waals surface area (Å²) in [6.07, 6.45) is -1.32. The second-order valence-corrected chi connectivity index (χ2v) is 10.3. The number of aromatic hydroxyl groups is 2. The molecule has 9 heteroatoms. The molecule has 0 aliphatic rings. The normalized spacial score (nSPS) is 10.5. The highest BCUT2D eigenvalue weighted by Crippen LogP contribution is 2.41. The van der Waals surface area contributed by atoms with E-state index >= 15 is 0 Å². The fraction of sp³-hybridized carbons (Fsp3) is 0. The van der Waals surface area contributed by atoms with Gasteiger partial charge in [0.15, 0.2) is 0 Å². The number of benzene rings is 6. The van der Waals surface area contributed by atoms with Crippen LogP contribution >= 0.6 is 0 Å². The van der Waals surface area contributed by atoms with Gasteiger partial charge < -0.3 is 24.4 Å². The van der Waals surface area contributed by atoms with Crippen molar-refractivity contribution in [3.8, 4) is 56.8 Å². The zero-order valence-corrected chi connectivity index (χ0v) is 24.8. The van der Waals surface area contributed by atoms with Gasteiger partial charge in [-0.15, -0.1) is 0 Å². The molecule has 0 aromatic heterocycles. The average molecular weight is 625 g/mol. The van der Waals surface area contributed by atoms with E-state index in [2.05, 4.69) is 10.6 Å². The smallest absolute Gasteiger partial charge is 0.417 e. The fourth-order valence-corrected chi connectivity index (χ4v) is 4.72. The second-order valence-electron chi connectivity index (χ2n) is 10.3. The number of hydrogen-bond acceptors (Lipinski definition) is 7. The Hall–Kier alpha value is -6.74. The Morgan fingerprint density at radius 3 is 1.23 bits per heavy atom. The van der Waals surface area contributed by atoms with E-state index in [9.17, 15) is 19.8 Å². The lowest BCUT2D eigenvalue weighted by molar-refractivity contribution is 0.214. The molecule has 0 saturated heterocycles. The van der Waals surface area contributed by atoms with Gasteiger partial charge in [-0.05, 0) is 96.1 Å². The van der Waals surface area contributed by atoms with Crippen LogP contribution in [0, 0.1) is 0 Å². The molecular formula is C38H28N2O7. The van der Waals surface area contributed by atoms with E-state index in [0.29, 0.717) is 56.6 Å². The number of anilines is 2. The summed E-state index contributed by atoms with van der Waals surface area (Å²) < 4.78 is 17.3. The summed E-state index contributed by atoms with van der Waals surface area (Å²) in [6, 6.07) is 40.8.